The number of hydrogen-bond donors (Lipinski definition) is 1. The number of amides is 1. The third-order valence-corrected chi connectivity index (χ3v) is 3.10. The Morgan fingerprint density at radius 1 is 1.56 bits per heavy atom. The lowest BCUT2D eigenvalue weighted by Gasteiger charge is -2.15. The summed E-state index contributed by atoms with van der Waals surface area (Å²) in [6.45, 7) is 6.26. The Morgan fingerprint density at radius 3 is 3.06 bits per heavy atom. The van der Waals surface area contributed by atoms with E-state index in [-0.39, 0.29) is 11.9 Å². The molecule has 6 heteroatoms. The maximum absolute atomic E-state index is 12.0. The van der Waals surface area contributed by atoms with Gasteiger partial charge in [-0.25, -0.2) is 0 Å². The van der Waals surface area contributed by atoms with E-state index in [1.165, 1.54) is 0 Å². The first-order valence-corrected chi connectivity index (χ1v) is 6.52. The molecule has 1 saturated heterocycles. The fourth-order valence-electron chi connectivity index (χ4n) is 2.14. The topological polar surface area (TPSA) is 71.3 Å². The quantitative estimate of drug-likeness (QED) is 0.799. The Hall–Kier alpha value is -1.43. The van der Waals surface area contributed by atoms with Gasteiger partial charge in [0.25, 0.3) is 0 Å². The van der Waals surface area contributed by atoms with E-state index in [9.17, 15) is 4.79 Å². The highest BCUT2D eigenvalue weighted by molar-refractivity contribution is 5.83. The average molecular weight is 252 g/mol. The molecule has 100 valence electrons. The summed E-state index contributed by atoms with van der Waals surface area (Å²) < 4.78 is 5.04. The molecule has 0 saturated carbocycles. The van der Waals surface area contributed by atoms with E-state index in [1.54, 1.807) is 6.92 Å². The van der Waals surface area contributed by atoms with Crippen molar-refractivity contribution in [3.8, 4) is 0 Å². The van der Waals surface area contributed by atoms with Crippen molar-refractivity contribution < 1.29 is 9.32 Å². The van der Waals surface area contributed by atoms with Crippen molar-refractivity contribution in [2.24, 2.45) is 0 Å². The van der Waals surface area contributed by atoms with Crippen LogP contribution in [-0.2, 0) is 11.2 Å². The van der Waals surface area contributed by atoms with Crippen LogP contribution in [0, 0.1) is 6.92 Å². The Balaban J connectivity index is 1.79. The van der Waals surface area contributed by atoms with Crippen LogP contribution in [0.2, 0.25) is 0 Å². The molecule has 2 rings (SSSR count). The van der Waals surface area contributed by atoms with Gasteiger partial charge >= 0.3 is 0 Å². The predicted octanol–water partition coefficient (Wildman–Crippen LogP) is 0.521. The van der Waals surface area contributed by atoms with Gasteiger partial charge < -0.3 is 14.7 Å². The van der Waals surface area contributed by atoms with Gasteiger partial charge in [-0.1, -0.05) is 12.1 Å². The summed E-state index contributed by atoms with van der Waals surface area (Å²) in [6, 6.07) is -0.00521. The summed E-state index contributed by atoms with van der Waals surface area (Å²) in [5.41, 5.74) is 0. The van der Waals surface area contributed by atoms with E-state index < -0.39 is 0 Å². The molecule has 0 aliphatic carbocycles. The lowest BCUT2D eigenvalue weighted by Crippen LogP contribution is -2.39. The van der Waals surface area contributed by atoms with Gasteiger partial charge in [0.1, 0.15) is 0 Å². The Kier molecular flexibility index (Phi) is 4.30. The molecule has 1 amide bonds. The van der Waals surface area contributed by atoms with Crippen molar-refractivity contribution in [1.82, 2.24) is 20.4 Å². The summed E-state index contributed by atoms with van der Waals surface area (Å²) in [5, 5.41) is 7.01. The van der Waals surface area contributed by atoms with Crippen molar-refractivity contribution in [3.63, 3.8) is 0 Å². The minimum absolute atomic E-state index is 0.00521. The zero-order valence-corrected chi connectivity index (χ0v) is 11.0. The fourth-order valence-corrected chi connectivity index (χ4v) is 2.14. The molecule has 1 aliphatic heterocycles. The first kappa shape index (κ1) is 13.0. The molecule has 1 N–H and O–H groups in total. The molecular formula is C12H20N4O2. The van der Waals surface area contributed by atoms with E-state index in [4.69, 9.17) is 4.52 Å². The third-order valence-electron chi connectivity index (χ3n) is 3.10. The summed E-state index contributed by atoms with van der Waals surface area (Å²) in [7, 11) is 0. The molecule has 1 unspecified atom stereocenters. The summed E-state index contributed by atoms with van der Waals surface area (Å²) >= 11 is 0. The van der Waals surface area contributed by atoms with Crippen LogP contribution in [-0.4, -0.2) is 46.6 Å². The standard InChI is InChI=1S/C12H20N4O2/c1-3-6-13-10-4-7-16(12(10)17)8-5-11-14-9(2)15-18-11/h10,13H,3-8H2,1-2H3. The van der Waals surface area contributed by atoms with Crippen LogP contribution in [0.3, 0.4) is 0 Å². The molecule has 0 radical (unpaired) electrons. The number of nitrogens with zero attached hydrogens (tertiary/aromatic N) is 3. The maximum atomic E-state index is 12.0. The second-order valence-electron chi connectivity index (χ2n) is 4.61. The van der Waals surface area contributed by atoms with E-state index in [2.05, 4.69) is 22.4 Å². The molecule has 1 fully saturated rings. The molecule has 0 aromatic carbocycles. The van der Waals surface area contributed by atoms with Crippen LogP contribution in [0.5, 0.6) is 0 Å². The first-order valence-electron chi connectivity index (χ1n) is 6.52. The second kappa shape index (κ2) is 5.95. The van der Waals surface area contributed by atoms with Crippen molar-refractivity contribution in [2.45, 2.75) is 39.2 Å². The number of aromatic nitrogens is 2. The molecular weight excluding hydrogens is 232 g/mol. The molecule has 2 heterocycles. The number of rotatable bonds is 6. The third kappa shape index (κ3) is 3.07. The van der Waals surface area contributed by atoms with E-state index in [0.29, 0.717) is 24.7 Å². The smallest absolute Gasteiger partial charge is 0.239 e. The molecule has 0 spiro atoms. The second-order valence-corrected chi connectivity index (χ2v) is 4.61. The van der Waals surface area contributed by atoms with Gasteiger partial charge in [-0.3, -0.25) is 4.79 Å². The minimum Gasteiger partial charge on any atom is -0.341 e. The highest BCUT2D eigenvalue weighted by atomic mass is 16.5. The molecule has 1 atom stereocenters. The molecule has 6 nitrogen and oxygen atoms in total. The Morgan fingerprint density at radius 2 is 2.39 bits per heavy atom. The van der Waals surface area contributed by atoms with Crippen LogP contribution in [0.4, 0.5) is 0 Å². The van der Waals surface area contributed by atoms with Gasteiger partial charge in [0.15, 0.2) is 5.82 Å². The fraction of sp³-hybridized carbons (Fsp3) is 0.750. The van der Waals surface area contributed by atoms with Crippen molar-refractivity contribution in [2.75, 3.05) is 19.6 Å². The molecule has 1 aromatic rings. The van der Waals surface area contributed by atoms with Gasteiger partial charge in [-0.2, -0.15) is 4.98 Å². The zero-order chi connectivity index (χ0) is 13.0. The number of carbonyl (C=O) groups excluding carboxylic acids is 1. The van der Waals surface area contributed by atoms with Crippen LogP contribution in [0.25, 0.3) is 0 Å². The minimum atomic E-state index is -0.00521. The van der Waals surface area contributed by atoms with Gasteiger partial charge in [0.05, 0.1) is 6.04 Å². The monoisotopic (exact) mass is 252 g/mol. The molecule has 0 bridgehead atoms. The SMILES string of the molecule is CCCNC1CCN(CCc2nc(C)no2)C1=O. The summed E-state index contributed by atoms with van der Waals surface area (Å²) in [6.07, 6.45) is 2.57. The summed E-state index contributed by atoms with van der Waals surface area (Å²) in [4.78, 5) is 18.0. The Labute approximate surface area is 107 Å². The van der Waals surface area contributed by atoms with E-state index >= 15 is 0 Å². The maximum Gasteiger partial charge on any atom is 0.239 e. The largest absolute Gasteiger partial charge is 0.341 e. The number of likely N-dealkylation sites (tertiary alicyclic amines) is 1. The first-order chi connectivity index (χ1) is 8.70. The highest BCUT2D eigenvalue weighted by Gasteiger charge is 2.30. The van der Waals surface area contributed by atoms with E-state index in [1.807, 2.05) is 4.90 Å². The van der Waals surface area contributed by atoms with Gasteiger partial charge in [-0.15, -0.1) is 0 Å². The van der Waals surface area contributed by atoms with Crippen LogP contribution < -0.4 is 5.32 Å². The van der Waals surface area contributed by atoms with Gasteiger partial charge in [0.2, 0.25) is 11.8 Å². The zero-order valence-electron chi connectivity index (χ0n) is 11.0. The lowest BCUT2D eigenvalue weighted by molar-refractivity contribution is -0.129. The number of nitrogens with one attached hydrogen (secondary N) is 1. The van der Waals surface area contributed by atoms with Crippen LogP contribution in [0.1, 0.15) is 31.5 Å². The van der Waals surface area contributed by atoms with Crippen molar-refractivity contribution >= 4 is 5.91 Å². The number of hydrogen-bond acceptors (Lipinski definition) is 5. The average Bonchev–Trinajstić information content (AvgIpc) is 2.92. The highest BCUT2D eigenvalue weighted by Crippen LogP contribution is 2.12. The van der Waals surface area contributed by atoms with Crippen LogP contribution >= 0.6 is 0 Å². The number of carbonyl (C=O) groups is 1. The van der Waals surface area contributed by atoms with Gasteiger partial charge in [0, 0.05) is 19.5 Å². The van der Waals surface area contributed by atoms with Gasteiger partial charge in [-0.05, 0) is 26.3 Å². The lowest BCUT2D eigenvalue weighted by atomic mass is 10.2. The van der Waals surface area contributed by atoms with Crippen molar-refractivity contribution in [1.29, 1.82) is 0 Å². The normalized spacial score (nSPS) is 19.8. The molecule has 1 aliphatic rings. The van der Waals surface area contributed by atoms with Crippen LogP contribution in [0.15, 0.2) is 4.52 Å². The van der Waals surface area contributed by atoms with Crippen molar-refractivity contribution in [3.05, 3.63) is 11.7 Å². The number of aryl methyl sites for hydroxylation is 1. The Bertz CT molecular complexity index is 405. The molecule has 1 aromatic heterocycles. The van der Waals surface area contributed by atoms with E-state index in [0.717, 1.165) is 25.9 Å². The predicted molar refractivity (Wildman–Crippen MR) is 66.0 cm³/mol. The molecule has 18 heavy (non-hydrogen) atoms. The summed E-state index contributed by atoms with van der Waals surface area (Å²) in [5.74, 6) is 1.44.